The van der Waals surface area contributed by atoms with Crippen molar-refractivity contribution in [3.8, 4) is 11.3 Å². The first-order valence-corrected chi connectivity index (χ1v) is 7.35. The number of benzene rings is 1. The van der Waals surface area contributed by atoms with Crippen LogP contribution in [0.1, 0.15) is 30.6 Å². The van der Waals surface area contributed by atoms with Crippen molar-refractivity contribution in [3.63, 3.8) is 0 Å². The molecule has 0 atom stereocenters. The molecule has 1 aromatic heterocycles. The molecule has 0 unspecified atom stereocenters. The normalized spacial score (nSPS) is 16.1. The van der Waals surface area contributed by atoms with Crippen molar-refractivity contribution in [2.45, 2.75) is 32.4 Å². The molecule has 1 saturated heterocycles. The SMILES string of the molecule is Cc1c(-c2ccc(N3CCCCC3)cc2)noc1C(F)(F)F. The fourth-order valence-electron chi connectivity index (χ4n) is 2.85. The van der Waals surface area contributed by atoms with Crippen LogP contribution in [0.5, 0.6) is 0 Å². The van der Waals surface area contributed by atoms with Crippen LogP contribution in [-0.2, 0) is 6.18 Å². The van der Waals surface area contributed by atoms with Crippen LogP contribution in [0.4, 0.5) is 18.9 Å². The van der Waals surface area contributed by atoms with Gasteiger partial charge in [-0.05, 0) is 38.3 Å². The molecule has 0 bridgehead atoms. The third-order valence-corrected chi connectivity index (χ3v) is 4.04. The topological polar surface area (TPSA) is 29.3 Å². The summed E-state index contributed by atoms with van der Waals surface area (Å²) in [4.78, 5) is 2.30. The quantitative estimate of drug-likeness (QED) is 0.808. The first-order valence-electron chi connectivity index (χ1n) is 7.35. The molecule has 0 radical (unpaired) electrons. The molecule has 1 aliphatic heterocycles. The smallest absolute Gasteiger partial charge is 0.372 e. The minimum atomic E-state index is -4.51. The number of aromatic nitrogens is 1. The van der Waals surface area contributed by atoms with E-state index in [9.17, 15) is 13.2 Å². The van der Waals surface area contributed by atoms with Crippen LogP contribution in [-0.4, -0.2) is 18.2 Å². The molecule has 0 N–H and O–H groups in total. The van der Waals surface area contributed by atoms with E-state index in [2.05, 4.69) is 14.6 Å². The summed E-state index contributed by atoms with van der Waals surface area (Å²) in [5.41, 5.74) is 2.01. The van der Waals surface area contributed by atoms with Gasteiger partial charge in [0.2, 0.25) is 5.76 Å². The summed E-state index contributed by atoms with van der Waals surface area (Å²) in [7, 11) is 0. The van der Waals surface area contributed by atoms with E-state index in [4.69, 9.17) is 0 Å². The van der Waals surface area contributed by atoms with Crippen molar-refractivity contribution in [2.75, 3.05) is 18.0 Å². The van der Waals surface area contributed by atoms with Crippen molar-refractivity contribution >= 4 is 5.69 Å². The molecule has 0 saturated carbocycles. The molecule has 6 heteroatoms. The van der Waals surface area contributed by atoms with Gasteiger partial charge in [-0.25, -0.2) is 0 Å². The van der Waals surface area contributed by atoms with E-state index >= 15 is 0 Å². The number of hydrogen-bond acceptors (Lipinski definition) is 3. The van der Waals surface area contributed by atoms with E-state index in [1.165, 1.54) is 26.2 Å². The number of nitrogens with zero attached hydrogens (tertiary/aromatic N) is 2. The zero-order chi connectivity index (χ0) is 15.7. The molecule has 118 valence electrons. The van der Waals surface area contributed by atoms with Crippen LogP contribution in [0.2, 0.25) is 0 Å². The maximum Gasteiger partial charge on any atom is 0.452 e. The number of hydrogen-bond donors (Lipinski definition) is 0. The van der Waals surface area contributed by atoms with Gasteiger partial charge in [0.05, 0.1) is 0 Å². The van der Waals surface area contributed by atoms with Gasteiger partial charge in [-0.3, -0.25) is 0 Å². The van der Waals surface area contributed by atoms with Crippen molar-refractivity contribution in [1.29, 1.82) is 0 Å². The molecule has 3 nitrogen and oxygen atoms in total. The molecule has 0 amide bonds. The highest BCUT2D eigenvalue weighted by Crippen LogP contribution is 2.36. The Labute approximate surface area is 126 Å². The first-order chi connectivity index (χ1) is 10.5. The summed E-state index contributed by atoms with van der Waals surface area (Å²) in [5, 5.41) is 3.59. The molecule has 3 rings (SSSR count). The lowest BCUT2D eigenvalue weighted by Crippen LogP contribution is -2.29. The Kier molecular flexibility index (Phi) is 3.85. The van der Waals surface area contributed by atoms with Crippen molar-refractivity contribution in [3.05, 3.63) is 35.6 Å². The minimum absolute atomic E-state index is 0.0261. The largest absolute Gasteiger partial charge is 0.452 e. The molecule has 0 spiro atoms. The molecule has 1 fully saturated rings. The van der Waals surface area contributed by atoms with E-state index in [1.807, 2.05) is 12.1 Å². The Morgan fingerprint density at radius 3 is 2.23 bits per heavy atom. The standard InChI is InChI=1S/C16H17F3N2O/c1-11-14(20-22-15(11)16(17,18)19)12-5-7-13(8-6-12)21-9-3-2-4-10-21/h5-8H,2-4,9-10H2,1H3. The highest BCUT2D eigenvalue weighted by atomic mass is 19.4. The van der Waals surface area contributed by atoms with Crippen LogP contribution in [0.25, 0.3) is 11.3 Å². The maximum absolute atomic E-state index is 12.7. The highest BCUT2D eigenvalue weighted by molar-refractivity contribution is 5.66. The van der Waals surface area contributed by atoms with Gasteiger partial charge >= 0.3 is 6.18 Å². The molecule has 2 heterocycles. The van der Waals surface area contributed by atoms with Gasteiger partial charge < -0.3 is 9.42 Å². The average molecular weight is 310 g/mol. The van der Waals surface area contributed by atoms with Crippen molar-refractivity contribution < 1.29 is 17.7 Å². The summed E-state index contributed by atoms with van der Waals surface area (Å²) < 4.78 is 42.7. The molecule has 0 aliphatic carbocycles. The van der Waals surface area contributed by atoms with Gasteiger partial charge in [0.15, 0.2) is 0 Å². The molecular formula is C16H17F3N2O. The van der Waals surface area contributed by atoms with E-state index in [-0.39, 0.29) is 11.3 Å². The van der Waals surface area contributed by atoms with Crippen LogP contribution >= 0.6 is 0 Å². The van der Waals surface area contributed by atoms with Gasteiger partial charge in [0.25, 0.3) is 0 Å². The Balaban J connectivity index is 1.85. The number of halogens is 3. The lowest BCUT2D eigenvalue weighted by molar-refractivity contribution is -0.156. The average Bonchev–Trinajstić information content (AvgIpc) is 2.90. The molecule has 2 aromatic rings. The Morgan fingerprint density at radius 1 is 1.05 bits per heavy atom. The van der Waals surface area contributed by atoms with Crippen LogP contribution in [0.15, 0.2) is 28.8 Å². The Morgan fingerprint density at radius 2 is 1.68 bits per heavy atom. The Hall–Kier alpha value is -1.98. The molecule has 22 heavy (non-hydrogen) atoms. The lowest BCUT2D eigenvalue weighted by atomic mass is 10.1. The summed E-state index contributed by atoms with van der Waals surface area (Å²) in [6, 6.07) is 7.47. The number of rotatable bonds is 2. The number of piperidine rings is 1. The Bertz CT molecular complexity index is 640. The van der Waals surface area contributed by atoms with Gasteiger partial charge in [-0.1, -0.05) is 17.3 Å². The lowest BCUT2D eigenvalue weighted by Gasteiger charge is -2.28. The van der Waals surface area contributed by atoms with Gasteiger partial charge in [-0.15, -0.1) is 0 Å². The number of anilines is 1. The van der Waals surface area contributed by atoms with Gasteiger partial charge in [0.1, 0.15) is 5.69 Å². The summed E-state index contributed by atoms with van der Waals surface area (Å²) in [6.07, 6.45) is -0.895. The van der Waals surface area contributed by atoms with Gasteiger partial charge in [0, 0.05) is 29.9 Å². The second-order valence-electron chi connectivity index (χ2n) is 5.58. The van der Waals surface area contributed by atoms with E-state index in [0.29, 0.717) is 5.56 Å². The number of alkyl halides is 3. The van der Waals surface area contributed by atoms with E-state index in [1.54, 1.807) is 12.1 Å². The van der Waals surface area contributed by atoms with Gasteiger partial charge in [-0.2, -0.15) is 13.2 Å². The zero-order valence-corrected chi connectivity index (χ0v) is 12.3. The summed E-state index contributed by atoms with van der Waals surface area (Å²) in [6.45, 7) is 3.44. The zero-order valence-electron chi connectivity index (χ0n) is 12.3. The predicted octanol–water partition coefficient (Wildman–Crippen LogP) is 4.66. The second kappa shape index (κ2) is 5.66. The van der Waals surface area contributed by atoms with E-state index < -0.39 is 11.9 Å². The third-order valence-electron chi connectivity index (χ3n) is 4.04. The third kappa shape index (κ3) is 2.82. The van der Waals surface area contributed by atoms with Crippen LogP contribution in [0.3, 0.4) is 0 Å². The van der Waals surface area contributed by atoms with Crippen molar-refractivity contribution in [1.82, 2.24) is 5.16 Å². The maximum atomic E-state index is 12.7. The predicted molar refractivity (Wildman–Crippen MR) is 77.7 cm³/mol. The van der Waals surface area contributed by atoms with Crippen LogP contribution < -0.4 is 4.90 Å². The fraction of sp³-hybridized carbons (Fsp3) is 0.438. The first kappa shape index (κ1) is 14.9. The fourth-order valence-corrected chi connectivity index (χ4v) is 2.85. The monoisotopic (exact) mass is 310 g/mol. The second-order valence-corrected chi connectivity index (χ2v) is 5.58. The molecule has 1 aliphatic rings. The highest BCUT2D eigenvalue weighted by Gasteiger charge is 2.39. The summed E-state index contributed by atoms with van der Waals surface area (Å²) in [5.74, 6) is -1.03. The molecule has 1 aromatic carbocycles. The van der Waals surface area contributed by atoms with E-state index in [0.717, 1.165) is 18.8 Å². The summed E-state index contributed by atoms with van der Waals surface area (Å²) >= 11 is 0. The molecular weight excluding hydrogens is 293 g/mol. The minimum Gasteiger partial charge on any atom is -0.372 e. The van der Waals surface area contributed by atoms with Crippen molar-refractivity contribution in [2.24, 2.45) is 0 Å². The van der Waals surface area contributed by atoms with Crippen LogP contribution in [0, 0.1) is 6.92 Å².